The summed E-state index contributed by atoms with van der Waals surface area (Å²) in [5, 5.41) is 2.60. The van der Waals surface area contributed by atoms with Crippen molar-refractivity contribution in [2.75, 3.05) is 0 Å². The minimum Gasteiger partial charge on any atom is -0.392 e. The summed E-state index contributed by atoms with van der Waals surface area (Å²) < 4.78 is 13.2. The Balaban J connectivity index is 2.85. The van der Waals surface area contributed by atoms with Gasteiger partial charge in [-0.3, -0.25) is 4.79 Å². The lowest BCUT2D eigenvalue weighted by molar-refractivity contribution is 0.0948. The fourth-order valence-electron chi connectivity index (χ4n) is 1.02. The molecule has 1 aromatic carbocycles. The molecule has 3 nitrogen and oxygen atoms in total. The summed E-state index contributed by atoms with van der Waals surface area (Å²) in [6.45, 7) is 1.68. The summed E-state index contributed by atoms with van der Waals surface area (Å²) in [7, 11) is 0. The van der Waals surface area contributed by atoms with E-state index in [0.717, 1.165) is 0 Å². The van der Waals surface area contributed by atoms with E-state index in [-0.39, 0.29) is 10.9 Å². The zero-order chi connectivity index (χ0) is 12.3. The average molecular weight is 305 g/mol. The van der Waals surface area contributed by atoms with E-state index in [1.807, 2.05) is 0 Å². The molecule has 0 radical (unpaired) electrons. The van der Waals surface area contributed by atoms with Crippen LogP contribution >= 0.6 is 28.1 Å². The SMILES string of the molecule is CC(NC(=O)c1ccc(F)cc1Br)C(N)=S. The summed E-state index contributed by atoms with van der Waals surface area (Å²) in [5.41, 5.74) is 5.71. The zero-order valence-corrected chi connectivity index (χ0v) is 10.9. The Morgan fingerprint density at radius 1 is 1.62 bits per heavy atom. The topological polar surface area (TPSA) is 55.1 Å². The van der Waals surface area contributed by atoms with Crippen molar-refractivity contribution in [1.29, 1.82) is 0 Å². The maximum absolute atomic E-state index is 12.8. The third kappa shape index (κ3) is 3.24. The van der Waals surface area contributed by atoms with Crippen LogP contribution in [0.1, 0.15) is 17.3 Å². The number of hydrogen-bond donors (Lipinski definition) is 2. The number of thiocarbonyl (C=S) groups is 1. The van der Waals surface area contributed by atoms with Crippen molar-refractivity contribution in [3.05, 3.63) is 34.1 Å². The molecule has 0 bridgehead atoms. The molecule has 0 fully saturated rings. The largest absolute Gasteiger partial charge is 0.392 e. The number of amides is 1. The lowest BCUT2D eigenvalue weighted by atomic mass is 10.2. The van der Waals surface area contributed by atoms with Crippen LogP contribution in [0.5, 0.6) is 0 Å². The van der Waals surface area contributed by atoms with Crippen LogP contribution in [-0.4, -0.2) is 16.9 Å². The Kier molecular flexibility index (Phi) is 4.37. The molecule has 1 unspecified atom stereocenters. The lowest BCUT2D eigenvalue weighted by Gasteiger charge is -2.12. The van der Waals surface area contributed by atoms with Gasteiger partial charge in [0, 0.05) is 4.47 Å². The highest BCUT2D eigenvalue weighted by atomic mass is 79.9. The molecule has 0 aliphatic carbocycles. The second kappa shape index (κ2) is 5.36. The molecule has 1 amide bonds. The highest BCUT2D eigenvalue weighted by Gasteiger charge is 2.14. The smallest absolute Gasteiger partial charge is 0.252 e. The average Bonchev–Trinajstić information content (AvgIpc) is 2.16. The van der Waals surface area contributed by atoms with Gasteiger partial charge in [-0.1, -0.05) is 12.2 Å². The van der Waals surface area contributed by atoms with Crippen LogP contribution in [0.2, 0.25) is 0 Å². The van der Waals surface area contributed by atoms with Crippen molar-refractivity contribution in [2.45, 2.75) is 13.0 Å². The number of rotatable bonds is 3. The third-order valence-corrected chi connectivity index (χ3v) is 2.96. The van der Waals surface area contributed by atoms with E-state index in [0.29, 0.717) is 10.0 Å². The van der Waals surface area contributed by atoms with Crippen LogP contribution in [-0.2, 0) is 0 Å². The lowest BCUT2D eigenvalue weighted by Crippen LogP contribution is -2.41. The van der Waals surface area contributed by atoms with E-state index < -0.39 is 11.9 Å². The fraction of sp³-hybridized carbons (Fsp3) is 0.200. The minimum atomic E-state index is -0.411. The summed E-state index contributed by atoms with van der Waals surface area (Å²) >= 11 is 7.84. The highest BCUT2D eigenvalue weighted by molar-refractivity contribution is 9.10. The molecule has 0 aromatic heterocycles. The number of nitrogens with one attached hydrogen (secondary N) is 1. The van der Waals surface area contributed by atoms with E-state index >= 15 is 0 Å². The first-order valence-electron chi connectivity index (χ1n) is 4.47. The predicted octanol–water partition coefficient (Wildman–Crippen LogP) is 1.99. The molecule has 1 rings (SSSR count). The first kappa shape index (κ1) is 13.1. The van der Waals surface area contributed by atoms with Gasteiger partial charge >= 0.3 is 0 Å². The highest BCUT2D eigenvalue weighted by Crippen LogP contribution is 2.17. The van der Waals surface area contributed by atoms with Gasteiger partial charge < -0.3 is 11.1 Å². The van der Waals surface area contributed by atoms with Crippen molar-refractivity contribution >= 4 is 39.0 Å². The van der Waals surface area contributed by atoms with Gasteiger partial charge in [-0.15, -0.1) is 0 Å². The summed E-state index contributed by atoms with van der Waals surface area (Å²) in [5.74, 6) is -0.766. The maximum atomic E-state index is 12.8. The molecule has 16 heavy (non-hydrogen) atoms. The first-order valence-corrected chi connectivity index (χ1v) is 5.67. The second-order valence-corrected chi connectivity index (χ2v) is 4.55. The standard InChI is InChI=1S/C10H10BrFN2OS/c1-5(9(13)16)14-10(15)7-3-2-6(12)4-8(7)11/h2-5H,1H3,(H2,13,16)(H,14,15). The van der Waals surface area contributed by atoms with Crippen LogP contribution < -0.4 is 11.1 Å². The molecule has 0 heterocycles. The van der Waals surface area contributed by atoms with Gasteiger partial charge in [0.05, 0.1) is 16.6 Å². The molecule has 0 saturated heterocycles. The van der Waals surface area contributed by atoms with Gasteiger partial charge in [-0.25, -0.2) is 4.39 Å². The van der Waals surface area contributed by atoms with Gasteiger partial charge in [-0.2, -0.15) is 0 Å². The number of benzene rings is 1. The Bertz CT molecular complexity index is 439. The molecule has 1 aromatic rings. The molecular formula is C10H10BrFN2OS. The van der Waals surface area contributed by atoms with Crippen LogP contribution in [0.25, 0.3) is 0 Å². The molecule has 3 N–H and O–H groups in total. The van der Waals surface area contributed by atoms with Gasteiger partial charge in [0.25, 0.3) is 5.91 Å². The first-order chi connectivity index (χ1) is 7.41. The predicted molar refractivity (Wildman–Crippen MR) is 67.8 cm³/mol. The van der Waals surface area contributed by atoms with Crippen LogP contribution in [0.4, 0.5) is 4.39 Å². The number of halogens is 2. The van der Waals surface area contributed by atoms with Crippen LogP contribution in [0.15, 0.2) is 22.7 Å². The molecule has 0 aliphatic rings. The van der Waals surface area contributed by atoms with Crippen molar-refractivity contribution in [3.63, 3.8) is 0 Å². The molecule has 6 heteroatoms. The second-order valence-electron chi connectivity index (χ2n) is 3.22. The summed E-state index contributed by atoms with van der Waals surface area (Å²) in [6, 6.07) is 3.42. The Labute approximate surface area is 106 Å². The van der Waals surface area contributed by atoms with E-state index in [1.165, 1.54) is 18.2 Å². The maximum Gasteiger partial charge on any atom is 0.252 e. The molecule has 86 valence electrons. The Morgan fingerprint density at radius 3 is 2.75 bits per heavy atom. The quantitative estimate of drug-likeness (QED) is 0.840. The number of carbonyl (C=O) groups is 1. The van der Waals surface area contributed by atoms with Crippen LogP contribution in [0, 0.1) is 5.82 Å². The molecular weight excluding hydrogens is 295 g/mol. The van der Waals surface area contributed by atoms with Crippen molar-refractivity contribution < 1.29 is 9.18 Å². The third-order valence-electron chi connectivity index (χ3n) is 1.95. The molecule has 0 aliphatic heterocycles. The van der Waals surface area contributed by atoms with Crippen molar-refractivity contribution in [3.8, 4) is 0 Å². The Morgan fingerprint density at radius 2 is 2.25 bits per heavy atom. The summed E-state index contributed by atoms with van der Waals surface area (Å²) in [4.78, 5) is 11.9. The van der Waals surface area contributed by atoms with E-state index in [9.17, 15) is 9.18 Å². The van der Waals surface area contributed by atoms with Crippen molar-refractivity contribution in [2.24, 2.45) is 5.73 Å². The van der Waals surface area contributed by atoms with E-state index in [1.54, 1.807) is 6.92 Å². The fourth-order valence-corrected chi connectivity index (χ4v) is 1.61. The molecule has 0 spiro atoms. The normalized spacial score (nSPS) is 11.9. The molecule has 0 saturated carbocycles. The number of hydrogen-bond acceptors (Lipinski definition) is 2. The van der Waals surface area contributed by atoms with Gasteiger partial charge in [0.2, 0.25) is 0 Å². The summed E-state index contributed by atoms with van der Waals surface area (Å²) in [6.07, 6.45) is 0. The Hall–Kier alpha value is -1.01. The monoisotopic (exact) mass is 304 g/mol. The minimum absolute atomic E-state index is 0.201. The van der Waals surface area contributed by atoms with E-state index in [2.05, 4.69) is 21.2 Å². The number of nitrogens with two attached hydrogens (primary N) is 1. The number of carbonyl (C=O) groups excluding carboxylic acids is 1. The van der Waals surface area contributed by atoms with Gasteiger partial charge in [0.1, 0.15) is 5.82 Å². The van der Waals surface area contributed by atoms with Crippen molar-refractivity contribution in [1.82, 2.24) is 5.32 Å². The zero-order valence-electron chi connectivity index (χ0n) is 8.46. The van der Waals surface area contributed by atoms with Crippen LogP contribution in [0.3, 0.4) is 0 Å². The van der Waals surface area contributed by atoms with Gasteiger partial charge in [-0.05, 0) is 41.1 Å². The van der Waals surface area contributed by atoms with E-state index in [4.69, 9.17) is 18.0 Å². The molecule has 1 atom stereocenters. The van der Waals surface area contributed by atoms with Gasteiger partial charge in [0.15, 0.2) is 0 Å².